The van der Waals surface area contributed by atoms with Crippen LogP contribution in [0.15, 0.2) is 22.9 Å². The molecule has 0 N–H and O–H groups in total. The van der Waals surface area contributed by atoms with Gasteiger partial charge in [-0.15, -0.1) is 22.7 Å². The number of carbonyl (C=O) groups excluding carboxylic acids is 2. The second-order valence-electron chi connectivity index (χ2n) is 5.47. The topological polar surface area (TPSA) is 43.4 Å². The molecule has 2 aromatic heterocycles. The van der Waals surface area contributed by atoms with E-state index in [1.807, 2.05) is 43.7 Å². The lowest BCUT2D eigenvalue weighted by Crippen LogP contribution is -2.23. The Labute approximate surface area is 126 Å². The maximum Gasteiger partial charge on any atom is 0.348 e. The van der Waals surface area contributed by atoms with E-state index in [4.69, 9.17) is 4.74 Å². The first kappa shape index (κ1) is 14.9. The molecule has 3 nitrogen and oxygen atoms in total. The van der Waals surface area contributed by atoms with Crippen molar-refractivity contribution in [3.05, 3.63) is 43.8 Å². The highest BCUT2D eigenvalue weighted by Gasteiger charge is 2.19. The highest BCUT2D eigenvalue weighted by molar-refractivity contribution is 7.12. The van der Waals surface area contributed by atoms with Crippen LogP contribution in [-0.4, -0.2) is 17.9 Å². The van der Waals surface area contributed by atoms with Crippen molar-refractivity contribution in [2.75, 3.05) is 0 Å². The summed E-state index contributed by atoms with van der Waals surface area (Å²) >= 11 is 2.82. The molecule has 0 atom stereocenters. The van der Waals surface area contributed by atoms with Crippen molar-refractivity contribution in [3.63, 3.8) is 0 Å². The van der Waals surface area contributed by atoms with E-state index in [1.54, 1.807) is 0 Å². The van der Waals surface area contributed by atoms with Crippen LogP contribution in [0.2, 0.25) is 0 Å². The first-order chi connectivity index (χ1) is 9.37. The first-order valence-electron chi connectivity index (χ1n) is 6.21. The van der Waals surface area contributed by atoms with E-state index in [0.29, 0.717) is 4.88 Å². The summed E-state index contributed by atoms with van der Waals surface area (Å²) in [6.07, 6.45) is 1.58. The van der Waals surface area contributed by atoms with E-state index in [1.165, 1.54) is 22.7 Å². The molecule has 20 heavy (non-hydrogen) atoms. The highest BCUT2D eigenvalue weighted by Crippen LogP contribution is 2.22. The maximum absolute atomic E-state index is 11.9. The van der Waals surface area contributed by atoms with Gasteiger partial charge in [-0.2, -0.15) is 0 Å². The minimum atomic E-state index is -0.479. The normalized spacial score (nSPS) is 11.3. The Balaban J connectivity index is 2.05. The van der Waals surface area contributed by atoms with Gasteiger partial charge in [0, 0.05) is 0 Å². The lowest BCUT2D eigenvalue weighted by Gasteiger charge is -2.18. The van der Waals surface area contributed by atoms with Crippen LogP contribution in [-0.2, 0) is 11.2 Å². The predicted octanol–water partition coefficient (Wildman–Crippen LogP) is 4.17. The number of ether oxygens (including phenoxy) is 1. The number of rotatable bonds is 4. The van der Waals surface area contributed by atoms with Crippen LogP contribution in [0.4, 0.5) is 0 Å². The molecule has 0 aromatic carbocycles. The predicted molar refractivity (Wildman–Crippen MR) is 82.0 cm³/mol. The van der Waals surface area contributed by atoms with Gasteiger partial charge in [-0.25, -0.2) is 4.79 Å². The van der Waals surface area contributed by atoms with E-state index in [2.05, 4.69) is 0 Å². The Morgan fingerprint density at radius 1 is 1.20 bits per heavy atom. The van der Waals surface area contributed by atoms with Crippen molar-refractivity contribution in [3.8, 4) is 0 Å². The molecule has 106 valence electrons. The quantitative estimate of drug-likeness (QED) is 0.629. The zero-order valence-electron chi connectivity index (χ0n) is 11.6. The highest BCUT2D eigenvalue weighted by atomic mass is 32.1. The Kier molecular flexibility index (Phi) is 4.40. The molecule has 2 heterocycles. The van der Waals surface area contributed by atoms with Crippen LogP contribution in [0.25, 0.3) is 0 Å². The molecule has 2 rings (SSSR count). The van der Waals surface area contributed by atoms with Crippen molar-refractivity contribution in [2.24, 2.45) is 0 Å². The summed E-state index contributed by atoms with van der Waals surface area (Å²) in [5, 5.41) is 3.92. The number of hydrogen-bond acceptors (Lipinski definition) is 5. The third-order valence-electron chi connectivity index (χ3n) is 2.45. The summed E-state index contributed by atoms with van der Waals surface area (Å²) in [6.45, 7) is 5.56. The minimum Gasteiger partial charge on any atom is -0.456 e. The molecule has 0 aliphatic carbocycles. The van der Waals surface area contributed by atoms with E-state index < -0.39 is 5.60 Å². The molecule has 2 aromatic rings. The van der Waals surface area contributed by atoms with Gasteiger partial charge in [0.05, 0.1) is 4.88 Å². The summed E-state index contributed by atoms with van der Waals surface area (Å²) in [6, 6.07) is 3.74. The molecule has 0 saturated heterocycles. The largest absolute Gasteiger partial charge is 0.456 e. The molecule has 0 unspecified atom stereocenters. The number of thiophene rings is 2. The summed E-state index contributed by atoms with van der Waals surface area (Å²) < 4.78 is 5.34. The van der Waals surface area contributed by atoms with E-state index in [0.717, 1.165) is 28.7 Å². The monoisotopic (exact) mass is 308 g/mol. The zero-order chi connectivity index (χ0) is 14.8. The Hall–Kier alpha value is -1.46. The van der Waals surface area contributed by atoms with Gasteiger partial charge >= 0.3 is 5.97 Å². The van der Waals surface area contributed by atoms with Crippen molar-refractivity contribution in [1.29, 1.82) is 0 Å². The molecule has 0 saturated carbocycles. The third-order valence-corrected chi connectivity index (χ3v) is 4.32. The van der Waals surface area contributed by atoms with Gasteiger partial charge in [0.25, 0.3) is 0 Å². The van der Waals surface area contributed by atoms with Gasteiger partial charge in [0.15, 0.2) is 6.29 Å². The molecule has 5 heteroatoms. The van der Waals surface area contributed by atoms with Crippen LogP contribution in [0.5, 0.6) is 0 Å². The minimum absolute atomic E-state index is 0.285. The molecule has 0 amide bonds. The Bertz CT molecular complexity index is 617. The van der Waals surface area contributed by atoms with E-state index in [9.17, 15) is 9.59 Å². The molecule has 0 radical (unpaired) electrons. The molecule has 0 aliphatic heterocycles. The fourth-order valence-electron chi connectivity index (χ4n) is 1.69. The van der Waals surface area contributed by atoms with Gasteiger partial charge in [-0.1, -0.05) is 0 Å². The summed E-state index contributed by atoms with van der Waals surface area (Å²) in [5.41, 5.74) is 1.67. The number of hydrogen-bond donors (Lipinski definition) is 0. The molecular formula is C15H16O3S2. The molecule has 0 spiro atoms. The van der Waals surface area contributed by atoms with Gasteiger partial charge in [-0.3, -0.25) is 4.79 Å². The van der Waals surface area contributed by atoms with Gasteiger partial charge in [-0.05, 0) is 61.2 Å². The molecular weight excluding hydrogens is 292 g/mol. The van der Waals surface area contributed by atoms with Crippen molar-refractivity contribution in [2.45, 2.75) is 32.8 Å². The van der Waals surface area contributed by atoms with E-state index in [-0.39, 0.29) is 5.97 Å². The van der Waals surface area contributed by atoms with Gasteiger partial charge in [0.2, 0.25) is 0 Å². The average Bonchev–Trinajstić information content (AvgIpc) is 2.96. The molecule has 0 fully saturated rings. The van der Waals surface area contributed by atoms with Crippen molar-refractivity contribution in [1.82, 2.24) is 0 Å². The number of esters is 1. The lowest BCUT2D eigenvalue weighted by atomic mass is 10.1. The van der Waals surface area contributed by atoms with Gasteiger partial charge < -0.3 is 4.74 Å². The van der Waals surface area contributed by atoms with Crippen LogP contribution >= 0.6 is 22.7 Å². The maximum atomic E-state index is 11.9. The fraction of sp³-hybridized carbons (Fsp3) is 0.333. The Morgan fingerprint density at radius 2 is 1.85 bits per heavy atom. The summed E-state index contributed by atoms with van der Waals surface area (Å²) in [7, 11) is 0. The second-order valence-corrected chi connectivity index (χ2v) is 7.33. The fourth-order valence-corrected chi connectivity index (χ4v) is 3.19. The number of aldehydes is 1. The Morgan fingerprint density at radius 3 is 2.45 bits per heavy atom. The third kappa shape index (κ3) is 4.02. The average molecular weight is 308 g/mol. The van der Waals surface area contributed by atoms with Crippen LogP contribution in [0.3, 0.4) is 0 Å². The first-order valence-corrected chi connectivity index (χ1v) is 7.96. The van der Waals surface area contributed by atoms with Crippen molar-refractivity contribution < 1.29 is 14.3 Å². The van der Waals surface area contributed by atoms with Crippen molar-refractivity contribution >= 4 is 34.9 Å². The SMILES string of the molecule is CC(C)(C)OC(=O)c1cc(Cc2csc(C=O)c2)cs1. The van der Waals surface area contributed by atoms with Crippen LogP contribution in [0, 0.1) is 0 Å². The molecule has 0 bridgehead atoms. The summed E-state index contributed by atoms with van der Waals surface area (Å²) in [5.74, 6) is -0.285. The van der Waals surface area contributed by atoms with Crippen LogP contribution in [0.1, 0.15) is 51.2 Å². The van der Waals surface area contributed by atoms with E-state index >= 15 is 0 Å². The smallest absolute Gasteiger partial charge is 0.348 e. The van der Waals surface area contributed by atoms with Gasteiger partial charge in [0.1, 0.15) is 10.5 Å². The second kappa shape index (κ2) is 5.89. The zero-order valence-corrected chi connectivity index (χ0v) is 13.3. The standard InChI is InChI=1S/C15H16O3S2/c1-15(2,3)18-14(17)13-6-11(9-20-13)4-10-5-12(7-16)19-8-10/h5-9H,4H2,1-3H3. The molecule has 0 aliphatic rings. The lowest BCUT2D eigenvalue weighted by molar-refractivity contribution is 0.00751. The summed E-state index contributed by atoms with van der Waals surface area (Å²) in [4.78, 5) is 23.9. The van der Waals surface area contributed by atoms with Crippen LogP contribution < -0.4 is 0 Å². The number of carbonyl (C=O) groups is 2.